The molecule has 0 radical (unpaired) electrons. The summed E-state index contributed by atoms with van der Waals surface area (Å²) in [7, 11) is 0. The van der Waals surface area contributed by atoms with Gasteiger partial charge < -0.3 is 0 Å². The van der Waals surface area contributed by atoms with Gasteiger partial charge in [0.05, 0.1) is 0 Å². The van der Waals surface area contributed by atoms with Crippen molar-refractivity contribution in [3.63, 3.8) is 0 Å². The second kappa shape index (κ2) is 4.49. The van der Waals surface area contributed by atoms with E-state index >= 15 is 0 Å². The minimum Gasteiger partial charge on any atom is -0.300 e. The Balaban J connectivity index is 2.49. The van der Waals surface area contributed by atoms with Gasteiger partial charge in [-0.3, -0.25) is 4.90 Å². The quantitative estimate of drug-likeness (QED) is 0.610. The molecule has 1 rings (SSSR count). The van der Waals surface area contributed by atoms with Crippen molar-refractivity contribution in [1.82, 2.24) is 9.80 Å². The lowest BCUT2D eigenvalue weighted by atomic mass is 10.3. The maximum Gasteiger partial charge on any atom is 0.459 e. The van der Waals surface area contributed by atoms with Gasteiger partial charge in [0.25, 0.3) is 0 Å². The lowest BCUT2D eigenvalue weighted by Crippen LogP contribution is -2.41. The van der Waals surface area contributed by atoms with Gasteiger partial charge in [0.1, 0.15) is 0 Å². The summed E-state index contributed by atoms with van der Waals surface area (Å²) in [5, 5.41) is 0. The van der Waals surface area contributed by atoms with E-state index < -0.39 is 6.30 Å². The largest absolute Gasteiger partial charge is 0.459 e. The van der Waals surface area contributed by atoms with Gasteiger partial charge in [0.2, 0.25) is 0 Å². The molecule has 2 nitrogen and oxygen atoms in total. The van der Waals surface area contributed by atoms with Crippen molar-refractivity contribution in [2.24, 2.45) is 0 Å². The molecule has 1 aliphatic rings. The third-order valence-electron chi connectivity index (χ3n) is 2.62. The number of rotatable bonds is 1. The molecule has 0 aromatic rings. The average molecular weight is 210 g/mol. The monoisotopic (exact) mass is 210 g/mol. The van der Waals surface area contributed by atoms with Crippen LogP contribution in [0.1, 0.15) is 20.3 Å². The molecular formula is C9H17F3N2. The lowest BCUT2D eigenvalue weighted by Gasteiger charge is -2.25. The predicted octanol–water partition coefficient (Wildman–Crippen LogP) is 1.92. The molecule has 0 N–H and O–H groups in total. The fourth-order valence-corrected chi connectivity index (χ4v) is 1.71. The van der Waals surface area contributed by atoms with E-state index in [2.05, 4.69) is 4.90 Å². The highest BCUT2D eigenvalue weighted by molar-refractivity contribution is 4.72. The van der Waals surface area contributed by atoms with E-state index in [0.29, 0.717) is 23.9 Å². The van der Waals surface area contributed by atoms with Crippen LogP contribution in [0.25, 0.3) is 0 Å². The summed E-state index contributed by atoms with van der Waals surface area (Å²) in [4.78, 5) is 2.70. The van der Waals surface area contributed by atoms with E-state index in [-0.39, 0.29) is 13.1 Å². The highest BCUT2D eigenvalue weighted by atomic mass is 19.4. The smallest absolute Gasteiger partial charge is 0.300 e. The van der Waals surface area contributed by atoms with Gasteiger partial charge in [0, 0.05) is 25.7 Å². The maximum atomic E-state index is 12.4. The van der Waals surface area contributed by atoms with E-state index in [1.165, 1.54) is 0 Å². The molecule has 0 amide bonds. The molecule has 0 saturated carbocycles. The van der Waals surface area contributed by atoms with Gasteiger partial charge >= 0.3 is 6.30 Å². The second-order valence-electron chi connectivity index (χ2n) is 3.94. The van der Waals surface area contributed by atoms with Gasteiger partial charge in [-0.15, -0.1) is 0 Å². The van der Waals surface area contributed by atoms with E-state index in [1.54, 1.807) is 0 Å². The van der Waals surface area contributed by atoms with Crippen LogP contribution in [0, 0.1) is 0 Å². The van der Waals surface area contributed by atoms with E-state index in [4.69, 9.17) is 0 Å². The first-order valence-corrected chi connectivity index (χ1v) is 4.97. The van der Waals surface area contributed by atoms with E-state index in [9.17, 15) is 13.2 Å². The van der Waals surface area contributed by atoms with Crippen LogP contribution in [0.3, 0.4) is 0 Å². The van der Waals surface area contributed by atoms with Crippen LogP contribution in [0.15, 0.2) is 0 Å². The van der Waals surface area contributed by atoms with Gasteiger partial charge in [-0.2, -0.15) is 13.2 Å². The molecule has 1 fully saturated rings. The molecule has 0 spiro atoms. The first-order chi connectivity index (χ1) is 6.41. The lowest BCUT2D eigenvalue weighted by molar-refractivity contribution is -0.244. The number of nitrogens with zero attached hydrogens (tertiary/aromatic N) is 2. The highest BCUT2D eigenvalue weighted by Gasteiger charge is 2.37. The average Bonchev–Trinajstić information content (AvgIpc) is 2.26. The first-order valence-electron chi connectivity index (χ1n) is 4.97. The Bertz CT molecular complexity index is 179. The van der Waals surface area contributed by atoms with Crippen molar-refractivity contribution in [2.45, 2.75) is 32.6 Å². The molecule has 1 aliphatic heterocycles. The molecule has 0 atom stereocenters. The van der Waals surface area contributed by atoms with Crippen LogP contribution in [-0.2, 0) is 0 Å². The number of alkyl halides is 3. The van der Waals surface area contributed by atoms with Crippen LogP contribution < -0.4 is 0 Å². The third kappa shape index (κ3) is 3.13. The third-order valence-corrected chi connectivity index (χ3v) is 2.62. The second-order valence-corrected chi connectivity index (χ2v) is 3.94. The number of halogens is 3. The predicted molar refractivity (Wildman–Crippen MR) is 49.0 cm³/mol. The standard InChI is InChI=1S/C9H17F3N2/c1-8(2)13-4-3-5-14(7-6-13)9(10,11)12/h8H,3-7H2,1-2H3. The highest BCUT2D eigenvalue weighted by Crippen LogP contribution is 2.22. The molecular weight excluding hydrogens is 193 g/mol. The summed E-state index contributed by atoms with van der Waals surface area (Å²) < 4.78 is 37.1. The Morgan fingerprint density at radius 3 is 2.14 bits per heavy atom. The summed E-state index contributed by atoms with van der Waals surface area (Å²) in [6.45, 7) is 5.54. The van der Waals surface area contributed by atoms with Gasteiger partial charge in [-0.05, 0) is 26.8 Å². The molecule has 84 valence electrons. The zero-order valence-corrected chi connectivity index (χ0v) is 8.64. The van der Waals surface area contributed by atoms with E-state index in [1.807, 2.05) is 13.8 Å². The summed E-state index contributed by atoms with van der Waals surface area (Å²) >= 11 is 0. The van der Waals surface area contributed by atoms with Gasteiger partial charge in [-0.1, -0.05) is 0 Å². The molecule has 0 bridgehead atoms. The fraction of sp³-hybridized carbons (Fsp3) is 1.00. The maximum absolute atomic E-state index is 12.4. The van der Waals surface area contributed by atoms with E-state index in [0.717, 1.165) is 6.54 Å². The van der Waals surface area contributed by atoms with Gasteiger partial charge in [0.15, 0.2) is 0 Å². The van der Waals surface area contributed by atoms with Crippen molar-refractivity contribution in [2.75, 3.05) is 26.2 Å². The molecule has 0 aromatic carbocycles. The van der Waals surface area contributed by atoms with Crippen molar-refractivity contribution in [3.05, 3.63) is 0 Å². The molecule has 1 heterocycles. The number of hydrogen-bond donors (Lipinski definition) is 0. The Labute approximate surface area is 82.7 Å². The Kier molecular flexibility index (Phi) is 3.78. The minimum absolute atomic E-state index is 0.0989. The van der Waals surface area contributed by atoms with Crippen molar-refractivity contribution in [3.8, 4) is 0 Å². The molecule has 5 heteroatoms. The summed E-state index contributed by atoms with van der Waals surface area (Å²) in [6, 6.07) is 0.336. The molecule has 0 aliphatic carbocycles. The molecule has 0 unspecified atom stereocenters. The fourth-order valence-electron chi connectivity index (χ4n) is 1.71. The zero-order valence-electron chi connectivity index (χ0n) is 8.64. The van der Waals surface area contributed by atoms with Gasteiger partial charge in [-0.25, -0.2) is 4.90 Å². The van der Waals surface area contributed by atoms with Crippen LogP contribution in [0.2, 0.25) is 0 Å². The molecule has 1 saturated heterocycles. The molecule has 14 heavy (non-hydrogen) atoms. The minimum atomic E-state index is -4.16. The van der Waals surface area contributed by atoms with Crippen molar-refractivity contribution in [1.29, 1.82) is 0 Å². The van der Waals surface area contributed by atoms with Crippen molar-refractivity contribution >= 4 is 0 Å². The Hall–Kier alpha value is -0.290. The summed E-state index contributed by atoms with van der Waals surface area (Å²) in [6.07, 6.45) is -3.56. The van der Waals surface area contributed by atoms with Crippen molar-refractivity contribution < 1.29 is 13.2 Å². The Morgan fingerprint density at radius 2 is 1.64 bits per heavy atom. The van der Waals surface area contributed by atoms with Crippen LogP contribution in [-0.4, -0.2) is 48.3 Å². The number of hydrogen-bond acceptors (Lipinski definition) is 2. The molecule has 0 aromatic heterocycles. The normalized spacial score (nSPS) is 22.7. The SMILES string of the molecule is CC(C)N1CCCN(C(F)(F)F)CC1. The summed E-state index contributed by atoms with van der Waals surface area (Å²) in [5.74, 6) is 0. The van der Waals surface area contributed by atoms with Crippen LogP contribution >= 0.6 is 0 Å². The Morgan fingerprint density at radius 1 is 1.00 bits per heavy atom. The summed E-state index contributed by atoms with van der Waals surface area (Å²) in [5.41, 5.74) is 0. The van der Waals surface area contributed by atoms with Crippen LogP contribution in [0.4, 0.5) is 13.2 Å². The topological polar surface area (TPSA) is 6.48 Å². The first kappa shape index (κ1) is 11.8. The zero-order chi connectivity index (χ0) is 10.8. The van der Waals surface area contributed by atoms with Crippen LogP contribution in [0.5, 0.6) is 0 Å².